The standard InChI is InChI=1S/C20H19ClN2OS/c1-11-15-16(13-7-4-3-5-8-13)18(19(24)23-14-9-6-10-14)25-20(15)22-12(2)17(11)21/h3-5,7-8,14H,6,9-10H2,1-2H3,(H,23,24). The van der Waals surface area contributed by atoms with Crippen molar-refractivity contribution >= 4 is 39.1 Å². The van der Waals surface area contributed by atoms with Crippen molar-refractivity contribution in [3.05, 3.63) is 51.5 Å². The van der Waals surface area contributed by atoms with Crippen LogP contribution in [-0.2, 0) is 0 Å². The van der Waals surface area contributed by atoms with E-state index in [1.807, 2.05) is 44.2 Å². The zero-order valence-corrected chi connectivity index (χ0v) is 15.8. The van der Waals surface area contributed by atoms with Gasteiger partial charge in [-0.05, 0) is 44.2 Å². The summed E-state index contributed by atoms with van der Waals surface area (Å²) in [6, 6.07) is 10.3. The summed E-state index contributed by atoms with van der Waals surface area (Å²) in [6.45, 7) is 3.91. The maximum atomic E-state index is 12.9. The van der Waals surface area contributed by atoms with E-state index >= 15 is 0 Å². The van der Waals surface area contributed by atoms with Gasteiger partial charge in [0, 0.05) is 17.0 Å². The van der Waals surface area contributed by atoms with Crippen LogP contribution in [0.25, 0.3) is 21.3 Å². The van der Waals surface area contributed by atoms with Crippen LogP contribution in [0.5, 0.6) is 0 Å². The van der Waals surface area contributed by atoms with Crippen LogP contribution in [0.15, 0.2) is 30.3 Å². The topological polar surface area (TPSA) is 42.0 Å². The van der Waals surface area contributed by atoms with Crippen LogP contribution in [0.1, 0.15) is 40.2 Å². The van der Waals surface area contributed by atoms with Gasteiger partial charge in [0.1, 0.15) is 9.71 Å². The zero-order valence-electron chi connectivity index (χ0n) is 14.2. The molecule has 4 rings (SSSR count). The minimum absolute atomic E-state index is 0.000251. The Morgan fingerprint density at radius 2 is 1.96 bits per heavy atom. The highest BCUT2D eigenvalue weighted by Gasteiger charge is 2.26. The summed E-state index contributed by atoms with van der Waals surface area (Å²) >= 11 is 7.92. The lowest BCUT2D eigenvalue weighted by Crippen LogP contribution is -2.39. The molecule has 1 aliphatic carbocycles. The van der Waals surface area contributed by atoms with E-state index in [9.17, 15) is 4.79 Å². The van der Waals surface area contributed by atoms with Crippen LogP contribution < -0.4 is 5.32 Å². The SMILES string of the molecule is Cc1nc2sc(C(=O)NC3CCC3)c(-c3ccccc3)c2c(C)c1Cl. The number of hydrogen-bond donors (Lipinski definition) is 1. The van der Waals surface area contributed by atoms with E-state index in [1.165, 1.54) is 17.8 Å². The number of carbonyl (C=O) groups is 1. The second-order valence-electron chi connectivity index (χ2n) is 6.59. The molecule has 0 unspecified atom stereocenters. The summed E-state index contributed by atoms with van der Waals surface area (Å²) in [5, 5.41) is 4.83. The van der Waals surface area contributed by atoms with Crippen LogP contribution in [0.4, 0.5) is 0 Å². The summed E-state index contributed by atoms with van der Waals surface area (Å²) in [4.78, 5) is 19.2. The number of nitrogens with zero attached hydrogens (tertiary/aromatic N) is 1. The summed E-state index contributed by atoms with van der Waals surface area (Å²) in [7, 11) is 0. The van der Waals surface area contributed by atoms with Gasteiger partial charge in [-0.3, -0.25) is 4.79 Å². The molecule has 0 atom stereocenters. The number of carbonyl (C=O) groups excluding carboxylic acids is 1. The lowest BCUT2D eigenvalue weighted by molar-refractivity contribution is 0.0922. The van der Waals surface area contributed by atoms with Gasteiger partial charge < -0.3 is 5.32 Å². The van der Waals surface area contributed by atoms with Crippen molar-refractivity contribution < 1.29 is 4.79 Å². The van der Waals surface area contributed by atoms with Gasteiger partial charge in [-0.25, -0.2) is 4.98 Å². The second kappa shape index (κ2) is 6.43. The maximum Gasteiger partial charge on any atom is 0.262 e. The van der Waals surface area contributed by atoms with Gasteiger partial charge in [0.25, 0.3) is 5.91 Å². The van der Waals surface area contributed by atoms with E-state index < -0.39 is 0 Å². The predicted molar refractivity (Wildman–Crippen MR) is 105 cm³/mol. The number of rotatable bonds is 3. The average Bonchev–Trinajstić information content (AvgIpc) is 2.96. The number of fused-ring (bicyclic) bond motifs is 1. The molecule has 128 valence electrons. The van der Waals surface area contributed by atoms with Crippen LogP contribution in [0, 0.1) is 13.8 Å². The van der Waals surface area contributed by atoms with Gasteiger partial charge in [0.2, 0.25) is 0 Å². The maximum absolute atomic E-state index is 12.9. The summed E-state index contributed by atoms with van der Waals surface area (Å²) in [6.07, 6.45) is 3.33. The third kappa shape index (κ3) is 2.83. The minimum atomic E-state index is -0.000251. The molecule has 0 radical (unpaired) electrons. The van der Waals surface area contributed by atoms with Crippen molar-refractivity contribution in [1.82, 2.24) is 10.3 Å². The predicted octanol–water partition coefficient (Wildman–Crippen LogP) is 5.52. The normalized spacial score (nSPS) is 14.5. The number of benzene rings is 1. The molecule has 2 heterocycles. The van der Waals surface area contributed by atoms with Gasteiger partial charge >= 0.3 is 0 Å². The first-order valence-electron chi connectivity index (χ1n) is 8.51. The molecule has 3 aromatic rings. The minimum Gasteiger partial charge on any atom is -0.349 e. The fraction of sp³-hybridized carbons (Fsp3) is 0.300. The van der Waals surface area contributed by atoms with Crippen molar-refractivity contribution in [3.8, 4) is 11.1 Å². The first-order chi connectivity index (χ1) is 12.1. The Bertz CT molecular complexity index is 961. The fourth-order valence-corrected chi connectivity index (χ4v) is 4.62. The first kappa shape index (κ1) is 16.6. The molecule has 1 aromatic carbocycles. The van der Waals surface area contributed by atoms with Crippen molar-refractivity contribution in [3.63, 3.8) is 0 Å². The van der Waals surface area contributed by atoms with Crippen LogP contribution in [0.3, 0.4) is 0 Å². The first-order valence-corrected chi connectivity index (χ1v) is 9.71. The van der Waals surface area contributed by atoms with Gasteiger partial charge in [0.05, 0.1) is 10.7 Å². The molecule has 25 heavy (non-hydrogen) atoms. The molecular formula is C20H19ClN2OS. The van der Waals surface area contributed by atoms with E-state index in [1.54, 1.807) is 0 Å². The number of hydrogen-bond acceptors (Lipinski definition) is 3. The van der Waals surface area contributed by atoms with E-state index in [-0.39, 0.29) is 5.91 Å². The molecule has 5 heteroatoms. The van der Waals surface area contributed by atoms with Gasteiger partial charge in [0.15, 0.2) is 0 Å². The Kier molecular flexibility index (Phi) is 4.26. The largest absolute Gasteiger partial charge is 0.349 e. The van der Waals surface area contributed by atoms with E-state index in [0.717, 1.165) is 50.3 Å². The van der Waals surface area contributed by atoms with Crippen LogP contribution >= 0.6 is 22.9 Å². The number of aryl methyl sites for hydroxylation is 2. The van der Waals surface area contributed by atoms with Crippen LogP contribution in [-0.4, -0.2) is 16.9 Å². The summed E-state index contributed by atoms with van der Waals surface area (Å²) in [5.74, 6) is -0.000251. The molecule has 1 N–H and O–H groups in total. The molecule has 1 saturated carbocycles. The monoisotopic (exact) mass is 370 g/mol. The third-order valence-electron chi connectivity index (χ3n) is 4.89. The molecular weight excluding hydrogens is 352 g/mol. The molecule has 1 amide bonds. The molecule has 1 aliphatic rings. The summed E-state index contributed by atoms with van der Waals surface area (Å²) in [5.41, 5.74) is 3.77. The Labute approximate surface area is 156 Å². The van der Waals surface area contributed by atoms with Gasteiger partial charge in [-0.2, -0.15) is 0 Å². The molecule has 0 bridgehead atoms. The van der Waals surface area contributed by atoms with Crippen LogP contribution in [0.2, 0.25) is 5.02 Å². The second-order valence-corrected chi connectivity index (χ2v) is 7.97. The number of pyridine rings is 1. The molecule has 0 saturated heterocycles. The summed E-state index contributed by atoms with van der Waals surface area (Å²) < 4.78 is 0. The lowest BCUT2D eigenvalue weighted by Gasteiger charge is -2.26. The molecule has 0 aliphatic heterocycles. The number of aromatic nitrogens is 1. The number of nitrogens with one attached hydrogen (secondary N) is 1. The fourth-order valence-electron chi connectivity index (χ4n) is 3.27. The Morgan fingerprint density at radius 1 is 1.24 bits per heavy atom. The highest BCUT2D eigenvalue weighted by Crippen LogP contribution is 2.42. The zero-order chi connectivity index (χ0) is 17.6. The van der Waals surface area contributed by atoms with Crippen molar-refractivity contribution in [2.45, 2.75) is 39.2 Å². The average molecular weight is 371 g/mol. The highest BCUT2D eigenvalue weighted by atomic mass is 35.5. The molecule has 2 aromatic heterocycles. The van der Waals surface area contributed by atoms with E-state index in [2.05, 4.69) is 10.3 Å². The van der Waals surface area contributed by atoms with Crippen molar-refractivity contribution in [1.29, 1.82) is 0 Å². The van der Waals surface area contributed by atoms with Gasteiger partial charge in [-0.15, -0.1) is 11.3 Å². The molecule has 0 spiro atoms. The molecule has 1 fully saturated rings. The quantitative estimate of drug-likeness (QED) is 0.659. The Hall–Kier alpha value is -1.91. The van der Waals surface area contributed by atoms with E-state index in [4.69, 9.17) is 11.6 Å². The highest BCUT2D eigenvalue weighted by molar-refractivity contribution is 7.21. The number of thiophene rings is 1. The third-order valence-corrected chi connectivity index (χ3v) is 6.53. The molecule has 3 nitrogen and oxygen atoms in total. The van der Waals surface area contributed by atoms with E-state index in [0.29, 0.717) is 11.1 Å². The Morgan fingerprint density at radius 3 is 2.60 bits per heavy atom. The smallest absolute Gasteiger partial charge is 0.262 e. The van der Waals surface area contributed by atoms with Crippen molar-refractivity contribution in [2.75, 3.05) is 0 Å². The lowest BCUT2D eigenvalue weighted by atomic mass is 9.93. The van der Waals surface area contributed by atoms with Crippen molar-refractivity contribution in [2.24, 2.45) is 0 Å². The number of amides is 1. The Balaban J connectivity index is 1.95. The van der Waals surface area contributed by atoms with Gasteiger partial charge in [-0.1, -0.05) is 41.9 Å². The number of halogens is 1.